The highest BCUT2D eigenvalue weighted by Gasteiger charge is 2.48. The van der Waals surface area contributed by atoms with Crippen molar-refractivity contribution in [3.05, 3.63) is 59.3 Å². The van der Waals surface area contributed by atoms with Gasteiger partial charge < -0.3 is 20.1 Å². The average molecular weight is 688 g/mol. The molecule has 4 aliphatic rings. The minimum absolute atomic E-state index is 0.0138. The predicted molar refractivity (Wildman–Crippen MR) is 183 cm³/mol. The highest BCUT2D eigenvalue weighted by atomic mass is 19.3. The number of aromatic hydroxyl groups is 1. The molecule has 9 nitrogen and oxygen atoms in total. The zero-order chi connectivity index (χ0) is 34.5. The molecule has 0 saturated carbocycles. The van der Waals surface area contributed by atoms with Crippen molar-refractivity contribution in [2.24, 2.45) is 7.05 Å². The summed E-state index contributed by atoms with van der Waals surface area (Å²) in [6, 6.07) is 6.41. The molecule has 0 unspecified atom stereocenters. The molecule has 2 aromatic heterocycles. The van der Waals surface area contributed by atoms with Crippen LogP contribution in [-0.4, -0.2) is 80.2 Å². The Labute approximate surface area is 285 Å². The fourth-order valence-electron chi connectivity index (χ4n) is 9.13. The van der Waals surface area contributed by atoms with Gasteiger partial charge in [0.05, 0.1) is 10.9 Å². The number of rotatable bonds is 6. The molecule has 4 saturated heterocycles. The molecule has 4 aliphatic heterocycles. The second-order valence-corrected chi connectivity index (χ2v) is 14.4. The number of piperazine rings is 1. The lowest BCUT2D eigenvalue weighted by molar-refractivity contribution is 0.108. The lowest BCUT2D eigenvalue weighted by Gasteiger charge is -2.35. The highest BCUT2D eigenvalue weighted by Crippen LogP contribution is 2.46. The lowest BCUT2D eigenvalue weighted by Crippen LogP contribution is -2.51. The number of benzene rings is 3. The van der Waals surface area contributed by atoms with E-state index < -0.39 is 23.3 Å². The number of anilines is 1. The van der Waals surface area contributed by atoms with Crippen LogP contribution in [0.2, 0.25) is 0 Å². The van der Waals surface area contributed by atoms with E-state index in [0.29, 0.717) is 76.5 Å². The normalized spacial score (nSPS) is 23.6. The molecular weight excluding hydrogens is 650 g/mol. The third-order valence-electron chi connectivity index (χ3n) is 11.3. The Morgan fingerprint density at radius 1 is 1.08 bits per heavy atom. The fourth-order valence-corrected chi connectivity index (χ4v) is 9.13. The molecular formula is C37H37F4N7O2. The Kier molecular flexibility index (Phi) is 7.26. The van der Waals surface area contributed by atoms with Crippen LogP contribution >= 0.6 is 0 Å². The molecule has 0 amide bonds. The van der Waals surface area contributed by atoms with E-state index in [1.54, 1.807) is 23.9 Å². The van der Waals surface area contributed by atoms with Gasteiger partial charge in [-0.15, -0.1) is 0 Å². The summed E-state index contributed by atoms with van der Waals surface area (Å²) in [6.45, 7) is 4.14. The second kappa shape index (κ2) is 11.5. The number of aryl methyl sites for hydroxylation is 2. The maximum atomic E-state index is 17.6. The van der Waals surface area contributed by atoms with Crippen molar-refractivity contribution in [3.63, 3.8) is 0 Å². The van der Waals surface area contributed by atoms with Crippen molar-refractivity contribution in [3.8, 4) is 22.9 Å². The van der Waals surface area contributed by atoms with Crippen molar-refractivity contribution in [2.75, 3.05) is 37.7 Å². The van der Waals surface area contributed by atoms with E-state index in [9.17, 15) is 13.9 Å². The van der Waals surface area contributed by atoms with Gasteiger partial charge in [0, 0.05) is 61.5 Å². The van der Waals surface area contributed by atoms with Crippen LogP contribution in [0.25, 0.3) is 43.7 Å². The summed E-state index contributed by atoms with van der Waals surface area (Å²) in [6.07, 6.45) is 4.32. The monoisotopic (exact) mass is 687 g/mol. The van der Waals surface area contributed by atoms with Gasteiger partial charge in [0.25, 0.3) is 6.08 Å². The van der Waals surface area contributed by atoms with E-state index in [1.807, 2.05) is 18.0 Å². The first-order valence-corrected chi connectivity index (χ1v) is 17.4. The highest BCUT2D eigenvalue weighted by molar-refractivity contribution is 6.18. The third kappa shape index (κ3) is 4.84. The van der Waals surface area contributed by atoms with Crippen LogP contribution in [0.5, 0.6) is 11.8 Å². The maximum Gasteiger partial charge on any atom is 0.319 e. The Bertz CT molecular complexity index is 2240. The van der Waals surface area contributed by atoms with Gasteiger partial charge in [0.1, 0.15) is 35.0 Å². The molecule has 4 fully saturated rings. The minimum atomic E-state index is -1.64. The van der Waals surface area contributed by atoms with Gasteiger partial charge in [-0.2, -0.15) is 23.8 Å². The van der Waals surface area contributed by atoms with Crippen molar-refractivity contribution in [1.82, 2.24) is 30.0 Å². The van der Waals surface area contributed by atoms with Crippen LogP contribution in [0.1, 0.15) is 44.6 Å². The van der Waals surface area contributed by atoms with Gasteiger partial charge in [-0.3, -0.25) is 9.58 Å². The maximum absolute atomic E-state index is 17.6. The number of phenolic OH excluding ortho intramolecular Hbond substituents is 1. The molecule has 0 radical (unpaired) electrons. The van der Waals surface area contributed by atoms with Crippen LogP contribution in [0.4, 0.5) is 23.4 Å². The van der Waals surface area contributed by atoms with E-state index in [4.69, 9.17) is 19.8 Å². The quantitative estimate of drug-likeness (QED) is 0.193. The van der Waals surface area contributed by atoms with E-state index in [-0.39, 0.29) is 60.1 Å². The van der Waals surface area contributed by atoms with E-state index >= 15 is 8.78 Å². The summed E-state index contributed by atoms with van der Waals surface area (Å²) in [7, 11) is 1.76. The van der Waals surface area contributed by atoms with Crippen molar-refractivity contribution >= 4 is 38.4 Å². The van der Waals surface area contributed by atoms with Gasteiger partial charge in [-0.05, 0) is 85.2 Å². The second-order valence-electron chi connectivity index (χ2n) is 14.4. The molecule has 2 bridgehead atoms. The zero-order valence-electron chi connectivity index (χ0n) is 27.9. The number of hydrogen-bond donors (Lipinski definition) is 2. The number of fused-ring (bicyclic) bond motifs is 7. The van der Waals surface area contributed by atoms with E-state index in [2.05, 4.69) is 10.2 Å². The van der Waals surface area contributed by atoms with Gasteiger partial charge in [0.2, 0.25) is 0 Å². The first-order chi connectivity index (χ1) is 24.1. The van der Waals surface area contributed by atoms with Crippen molar-refractivity contribution in [1.29, 1.82) is 0 Å². The van der Waals surface area contributed by atoms with Crippen LogP contribution in [0.15, 0.2) is 42.1 Å². The summed E-state index contributed by atoms with van der Waals surface area (Å²) in [5.41, 5.74) is 0.673. The van der Waals surface area contributed by atoms with Crippen LogP contribution in [0, 0.1) is 11.6 Å². The number of nitrogens with one attached hydrogen (secondary N) is 1. The molecule has 5 aromatic rings. The Balaban J connectivity index is 1.27. The topological polar surface area (TPSA) is 91.6 Å². The third-order valence-corrected chi connectivity index (χ3v) is 11.3. The van der Waals surface area contributed by atoms with Crippen LogP contribution in [0.3, 0.4) is 0 Å². The molecule has 0 aliphatic carbocycles. The first-order valence-electron chi connectivity index (χ1n) is 17.4. The standard InChI is InChI=1S/C37H37F4N7O2/c1-3-24-27(38)8-5-19-11-23(49)12-25(28(19)24)29-31(39)33-30(26-17-46(2)45-32(26)29)35(47-15-21-6-7-22(16-47)42-21)44-36(43-33)50-18-37-9-4-10-48(37)14-20(13-37)34(40)41/h5,8,11-12,17,21-22,42,49H,3-4,6-7,9-10,13-16,18H2,1-2H3/t21-,22+,37-/m0/s1. The number of hydrogen-bond acceptors (Lipinski definition) is 8. The molecule has 260 valence electrons. The largest absolute Gasteiger partial charge is 0.508 e. The number of halogens is 4. The van der Waals surface area contributed by atoms with Gasteiger partial charge >= 0.3 is 6.01 Å². The molecule has 3 aromatic carbocycles. The predicted octanol–water partition coefficient (Wildman–Crippen LogP) is 6.59. The summed E-state index contributed by atoms with van der Waals surface area (Å²) >= 11 is 0. The molecule has 3 atom stereocenters. The number of phenols is 1. The molecule has 9 rings (SSSR count). The Morgan fingerprint density at radius 2 is 1.88 bits per heavy atom. The summed E-state index contributed by atoms with van der Waals surface area (Å²) in [4.78, 5) is 13.9. The zero-order valence-corrected chi connectivity index (χ0v) is 27.9. The average Bonchev–Trinajstić information content (AvgIpc) is 3.85. The summed E-state index contributed by atoms with van der Waals surface area (Å²) in [5.74, 6) is -0.682. The molecule has 0 spiro atoms. The Hall–Kier alpha value is -4.49. The molecule has 50 heavy (non-hydrogen) atoms. The summed E-state index contributed by atoms with van der Waals surface area (Å²) < 4.78 is 68.2. The Morgan fingerprint density at radius 3 is 2.64 bits per heavy atom. The van der Waals surface area contributed by atoms with E-state index in [0.717, 1.165) is 19.3 Å². The van der Waals surface area contributed by atoms with Gasteiger partial charge in [-0.1, -0.05) is 13.0 Å². The number of nitrogens with zero attached hydrogens (tertiary/aromatic N) is 6. The van der Waals surface area contributed by atoms with Crippen LogP contribution in [-0.2, 0) is 13.5 Å². The minimum Gasteiger partial charge on any atom is -0.508 e. The molecule has 2 N–H and O–H groups in total. The molecule has 6 heterocycles. The smallest absolute Gasteiger partial charge is 0.319 e. The SMILES string of the molecule is CCc1c(F)ccc2cc(O)cc(-c3c(F)c4nc(OC[C@@]56CCCN5CC(=C(F)F)C6)nc(N5C[C@H]6CC[C@@H](C5)N6)c4c4cn(C)nc34)c12. The van der Waals surface area contributed by atoms with E-state index in [1.165, 1.54) is 12.1 Å². The molecule has 13 heteroatoms. The van der Waals surface area contributed by atoms with Gasteiger partial charge in [-0.25, -0.2) is 8.78 Å². The van der Waals surface area contributed by atoms with Crippen molar-refractivity contribution < 1.29 is 27.4 Å². The van der Waals surface area contributed by atoms with Crippen LogP contribution < -0.4 is 15.0 Å². The first kappa shape index (κ1) is 31.5. The fraction of sp³-hybridized carbons (Fsp3) is 0.432. The number of ether oxygens (including phenoxy) is 1. The number of aromatic nitrogens is 4. The van der Waals surface area contributed by atoms with Gasteiger partial charge in [0.15, 0.2) is 5.82 Å². The van der Waals surface area contributed by atoms with Crippen molar-refractivity contribution in [2.45, 2.75) is 63.1 Å². The lowest BCUT2D eigenvalue weighted by atomic mass is 9.90. The summed E-state index contributed by atoms with van der Waals surface area (Å²) in [5, 5.41) is 21.4.